The van der Waals surface area contributed by atoms with Crippen molar-refractivity contribution >= 4 is 11.6 Å². The first-order chi connectivity index (χ1) is 9.27. The van der Waals surface area contributed by atoms with Crippen LogP contribution in [0.15, 0.2) is 18.2 Å². The zero-order chi connectivity index (χ0) is 13.9. The standard InChI is InChI=1S/C16H26ClNO/c1-3-4-5-6-7-8-11-18-13-14-12-15(17)9-10-16(14)19-2/h9-10,12,18H,3-8,11,13H2,1-2H3. The Morgan fingerprint density at radius 1 is 1.11 bits per heavy atom. The zero-order valence-corrected chi connectivity index (χ0v) is 12.9. The van der Waals surface area contributed by atoms with Crippen molar-refractivity contribution in [1.82, 2.24) is 5.32 Å². The van der Waals surface area contributed by atoms with E-state index in [-0.39, 0.29) is 0 Å². The van der Waals surface area contributed by atoms with Crippen LogP contribution in [0.3, 0.4) is 0 Å². The van der Waals surface area contributed by atoms with E-state index in [1.807, 2.05) is 18.2 Å². The van der Waals surface area contributed by atoms with Crippen molar-refractivity contribution in [2.45, 2.75) is 52.0 Å². The van der Waals surface area contributed by atoms with Crippen molar-refractivity contribution in [3.8, 4) is 5.75 Å². The van der Waals surface area contributed by atoms with Crippen LogP contribution in [-0.4, -0.2) is 13.7 Å². The molecule has 1 rings (SSSR count). The van der Waals surface area contributed by atoms with Crippen molar-refractivity contribution in [2.24, 2.45) is 0 Å². The molecule has 0 saturated heterocycles. The maximum Gasteiger partial charge on any atom is 0.123 e. The topological polar surface area (TPSA) is 21.3 Å². The van der Waals surface area contributed by atoms with Gasteiger partial charge in [0.2, 0.25) is 0 Å². The molecule has 0 unspecified atom stereocenters. The number of nitrogens with one attached hydrogen (secondary N) is 1. The van der Waals surface area contributed by atoms with E-state index in [0.29, 0.717) is 0 Å². The Bertz CT molecular complexity index is 355. The molecule has 0 aromatic heterocycles. The number of halogens is 1. The van der Waals surface area contributed by atoms with Crippen LogP contribution in [0.5, 0.6) is 5.75 Å². The highest BCUT2D eigenvalue weighted by Crippen LogP contribution is 2.22. The minimum atomic E-state index is 0.761. The molecule has 3 heteroatoms. The zero-order valence-electron chi connectivity index (χ0n) is 12.2. The molecule has 1 aromatic carbocycles. The van der Waals surface area contributed by atoms with Gasteiger partial charge >= 0.3 is 0 Å². The molecule has 0 fully saturated rings. The summed E-state index contributed by atoms with van der Waals surface area (Å²) < 4.78 is 5.32. The monoisotopic (exact) mass is 283 g/mol. The van der Waals surface area contributed by atoms with Crippen LogP contribution in [0, 0.1) is 0 Å². The van der Waals surface area contributed by atoms with Crippen LogP contribution in [-0.2, 0) is 6.54 Å². The van der Waals surface area contributed by atoms with E-state index in [1.165, 1.54) is 38.5 Å². The summed E-state index contributed by atoms with van der Waals surface area (Å²) in [5.41, 5.74) is 1.13. The lowest BCUT2D eigenvalue weighted by molar-refractivity contribution is 0.407. The Labute approximate surface area is 122 Å². The van der Waals surface area contributed by atoms with Crippen molar-refractivity contribution in [1.29, 1.82) is 0 Å². The third-order valence-electron chi connectivity index (χ3n) is 3.27. The van der Waals surface area contributed by atoms with E-state index in [0.717, 1.165) is 29.4 Å². The molecule has 0 amide bonds. The minimum Gasteiger partial charge on any atom is -0.496 e. The van der Waals surface area contributed by atoms with Gasteiger partial charge in [-0.15, -0.1) is 0 Å². The molecule has 2 nitrogen and oxygen atoms in total. The molecule has 19 heavy (non-hydrogen) atoms. The van der Waals surface area contributed by atoms with Gasteiger partial charge in [-0.2, -0.15) is 0 Å². The highest BCUT2D eigenvalue weighted by molar-refractivity contribution is 6.30. The van der Waals surface area contributed by atoms with Gasteiger partial charge in [-0.25, -0.2) is 0 Å². The molecule has 0 bridgehead atoms. The second-order valence-electron chi connectivity index (χ2n) is 4.90. The van der Waals surface area contributed by atoms with Gasteiger partial charge in [-0.3, -0.25) is 0 Å². The molecular formula is C16H26ClNO. The second-order valence-corrected chi connectivity index (χ2v) is 5.34. The quantitative estimate of drug-likeness (QED) is 0.623. The summed E-state index contributed by atoms with van der Waals surface area (Å²) in [4.78, 5) is 0. The average Bonchev–Trinajstić information content (AvgIpc) is 2.42. The van der Waals surface area contributed by atoms with E-state index in [9.17, 15) is 0 Å². The number of rotatable bonds is 10. The molecule has 0 aliphatic heterocycles. The minimum absolute atomic E-state index is 0.761. The largest absolute Gasteiger partial charge is 0.496 e. The fraction of sp³-hybridized carbons (Fsp3) is 0.625. The summed E-state index contributed by atoms with van der Waals surface area (Å²) in [6.07, 6.45) is 7.97. The molecule has 0 radical (unpaired) electrons. The number of unbranched alkanes of at least 4 members (excludes halogenated alkanes) is 5. The molecule has 1 N–H and O–H groups in total. The molecule has 0 heterocycles. The highest BCUT2D eigenvalue weighted by Gasteiger charge is 2.03. The SMILES string of the molecule is CCCCCCCCNCc1cc(Cl)ccc1OC. The van der Waals surface area contributed by atoms with Gasteiger partial charge in [0.05, 0.1) is 7.11 Å². The Balaban J connectivity index is 2.17. The van der Waals surface area contributed by atoms with Gasteiger partial charge in [0, 0.05) is 17.1 Å². The predicted octanol–water partition coefficient (Wildman–Crippen LogP) is 4.80. The number of methoxy groups -OCH3 is 1. The number of ether oxygens (including phenoxy) is 1. The molecule has 0 aliphatic rings. The van der Waals surface area contributed by atoms with Crippen molar-refractivity contribution in [2.75, 3.05) is 13.7 Å². The van der Waals surface area contributed by atoms with Crippen LogP contribution in [0.2, 0.25) is 5.02 Å². The maximum atomic E-state index is 6.00. The number of benzene rings is 1. The Hall–Kier alpha value is -0.730. The molecule has 1 aromatic rings. The van der Waals surface area contributed by atoms with Crippen molar-refractivity contribution in [3.05, 3.63) is 28.8 Å². The first-order valence-corrected chi connectivity index (χ1v) is 7.69. The maximum absolute atomic E-state index is 6.00. The fourth-order valence-electron chi connectivity index (χ4n) is 2.14. The van der Waals surface area contributed by atoms with Gasteiger partial charge in [0.15, 0.2) is 0 Å². The first-order valence-electron chi connectivity index (χ1n) is 7.31. The van der Waals surface area contributed by atoms with Crippen molar-refractivity contribution < 1.29 is 4.74 Å². The second kappa shape index (κ2) is 10.1. The lowest BCUT2D eigenvalue weighted by Gasteiger charge is -2.10. The number of hydrogen-bond acceptors (Lipinski definition) is 2. The molecule has 0 spiro atoms. The molecule has 0 saturated carbocycles. The van der Waals surface area contributed by atoms with Gasteiger partial charge in [0.25, 0.3) is 0 Å². The normalized spacial score (nSPS) is 10.7. The first kappa shape index (κ1) is 16.3. The van der Waals surface area contributed by atoms with Crippen LogP contribution < -0.4 is 10.1 Å². The summed E-state index contributed by atoms with van der Waals surface area (Å²) in [6.45, 7) is 4.13. The third kappa shape index (κ3) is 6.84. The predicted molar refractivity (Wildman–Crippen MR) is 83.1 cm³/mol. The summed E-state index contributed by atoms with van der Waals surface area (Å²) >= 11 is 6.00. The van der Waals surface area contributed by atoms with Crippen LogP contribution in [0.25, 0.3) is 0 Å². The van der Waals surface area contributed by atoms with E-state index >= 15 is 0 Å². The van der Waals surface area contributed by atoms with E-state index in [4.69, 9.17) is 16.3 Å². The Morgan fingerprint density at radius 3 is 2.58 bits per heavy atom. The van der Waals surface area contributed by atoms with Crippen LogP contribution in [0.1, 0.15) is 51.0 Å². The molecule has 0 atom stereocenters. The Morgan fingerprint density at radius 2 is 1.84 bits per heavy atom. The smallest absolute Gasteiger partial charge is 0.123 e. The Kier molecular flexibility index (Phi) is 8.68. The molecule has 0 aliphatic carbocycles. The molecule has 108 valence electrons. The average molecular weight is 284 g/mol. The third-order valence-corrected chi connectivity index (χ3v) is 3.50. The summed E-state index contributed by atoms with van der Waals surface area (Å²) in [5, 5.41) is 4.22. The fourth-order valence-corrected chi connectivity index (χ4v) is 2.33. The van der Waals surface area contributed by atoms with E-state index in [1.54, 1.807) is 7.11 Å². The summed E-state index contributed by atoms with van der Waals surface area (Å²) in [6, 6.07) is 5.75. The van der Waals surface area contributed by atoms with Gasteiger partial charge in [0.1, 0.15) is 5.75 Å². The van der Waals surface area contributed by atoms with Gasteiger partial charge < -0.3 is 10.1 Å². The molecular weight excluding hydrogens is 258 g/mol. The lowest BCUT2D eigenvalue weighted by Crippen LogP contribution is -2.15. The van der Waals surface area contributed by atoms with Gasteiger partial charge in [-0.05, 0) is 31.2 Å². The lowest BCUT2D eigenvalue weighted by atomic mass is 10.1. The highest BCUT2D eigenvalue weighted by atomic mass is 35.5. The van der Waals surface area contributed by atoms with E-state index in [2.05, 4.69) is 12.2 Å². The summed E-state index contributed by atoms with van der Waals surface area (Å²) in [7, 11) is 1.69. The van der Waals surface area contributed by atoms with Gasteiger partial charge in [-0.1, -0.05) is 50.6 Å². The van der Waals surface area contributed by atoms with Crippen LogP contribution in [0.4, 0.5) is 0 Å². The summed E-state index contributed by atoms with van der Waals surface area (Å²) in [5.74, 6) is 0.903. The van der Waals surface area contributed by atoms with Crippen LogP contribution >= 0.6 is 11.6 Å². The number of hydrogen-bond donors (Lipinski definition) is 1. The van der Waals surface area contributed by atoms with Crippen molar-refractivity contribution in [3.63, 3.8) is 0 Å². The van der Waals surface area contributed by atoms with E-state index < -0.39 is 0 Å².